The van der Waals surface area contributed by atoms with Crippen LogP contribution in [-0.4, -0.2) is 78.4 Å². The highest BCUT2D eigenvalue weighted by Gasteiger charge is 2.21. The maximum Gasteiger partial charge on any atom is 0.128 e. The van der Waals surface area contributed by atoms with Crippen molar-refractivity contribution < 1.29 is 44.5 Å². The number of fused-ring (bicyclic) bond motifs is 6. The molecule has 0 amide bonds. The number of aliphatic hydroxyl groups is 3. The Hall–Kier alpha value is -8.96. The summed E-state index contributed by atoms with van der Waals surface area (Å²) in [4.78, 5) is 0. The molecule has 9 nitrogen and oxygen atoms in total. The van der Waals surface area contributed by atoms with Gasteiger partial charge >= 0.3 is 0 Å². The molecule has 0 heterocycles. The molecule has 5 N–H and O–H groups in total. The van der Waals surface area contributed by atoms with Crippen LogP contribution in [0, 0.1) is 6.92 Å². The number of hydrogen-bond acceptors (Lipinski definition) is 9. The van der Waals surface area contributed by atoms with Gasteiger partial charge < -0.3 is 44.5 Å². The molecule has 390 valence electrons. The number of ether oxygens (including phenoxy) is 4. The molecule has 12 aromatic rings. The molecular weight excluding hydrogens is 973 g/mol. The van der Waals surface area contributed by atoms with Gasteiger partial charge in [-0.05, 0) is 113 Å². The largest absolute Gasteiger partial charge is 0.507 e. The normalized spacial score (nSPS) is 11.1. The Kier molecular flexibility index (Phi) is 16.7. The van der Waals surface area contributed by atoms with Crippen LogP contribution in [0.2, 0.25) is 0 Å². The molecule has 0 spiro atoms. The molecular formula is C69H60O9. The predicted molar refractivity (Wildman–Crippen MR) is 317 cm³/mol. The zero-order chi connectivity index (χ0) is 53.8. The second kappa shape index (κ2) is 24.8. The Bertz CT molecular complexity index is 3950. The van der Waals surface area contributed by atoms with Crippen molar-refractivity contribution in [3.63, 3.8) is 0 Å². The minimum absolute atomic E-state index is 0.0111. The fourth-order valence-electron chi connectivity index (χ4n) is 10.3. The molecule has 0 saturated heterocycles. The molecule has 0 bridgehead atoms. The topological polar surface area (TPSA) is 138 Å². The maximum atomic E-state index is 10.7. The van der Waals surface area contributed by atoms with Gasteiger partial charge in [-0.25, -0.2) is 0 Å². The van der Waals surface area contributed by atoms with Crippen molar-refractivity contribution in [3.8, 4) is 62.1 Å². The van der Waals surface area contributed by atoms with Crippen LogP contribution in [0.15, 0.2) is 218 Å². The number of aryl methyl sites for hydroxylation is 1. The summed E-state index contributed by atoms with van der Waals surface area (Å²) in [6.07, 6.45) is 0. The molecule has 0 unspecified atom stereocenters. The number of phenols is 2. The number of hydrogen-bond donors (Lipinski definition) is 5. The standard InChI is InChI=1S/C26H26O5.C22H18O3.C21H16O/c27-13-15-29-17-18-31-24-12-10-20-6-2-4-8-22(20)26(24)25-21-7-3-1-5-19(21)9-11-23(25)30-16-14-28;23-13-14-25-20-12-10-16-6-2-4-8-18(16)22(20)21-17-7-3-1-5-15(17)9-11-19(21)24;1-14-10-11-15-6-2-4-8-17(15)20(14)21-18-9-5-3-7-16(18)12-13-19(21)22/h1-12,27-28H,13-18H2;1-12,23-24H,13-14H2;2-13,22H,1H3. The average molecular weight is 1030 g/mol. The third kappa shape index (κ3) is 11.1. The van der Waals surface area contributed by atoms with E-state index in [-0.39, 0.29) is 45.4 Å². The first-order chi connectivity index (χ1) is 38.4. The van der Waals surface area contributed by atoms with E-state index in [1.54, 1.807) is 12.1 Å². The SMILES string of the molecule is Cc1ccc2ccccc2c1-c1c(O)ccc2ccccc12.OCCOCCOc1ccc2ccccc2c1-c1c(OCCO)ccc2ccccc12.OCCOc1ccc2ccccc2c1-c1c(O)ccc2ccccc12. The van der Waals surface area contributed by atoms with Crippen LogP contribution in [-0.2, 0) is 4.74 Å². The van der Waals surface area contributed by atoms with Crippen molar-refractivity contribution >= 4 is 64.6 Å². The Morgan fingerprint density at radius 2 is 0.551 bits per heavy atom. The summed E-state index contributed by atoms with van der Waals surface area (Å²) >= 11 is 0. The van der Waals surface area contributed by atoms with E-state index in [1.165, 1.54) is 16.3 Å². The third-order valence-corrected chi connectivity index (χ3v) is 13.8. The van der Waals surface area contributed by atoms with E-state index < -0.39 is 0 Å². The third-order valence-electron chi connectivity index (χ3n) is 13.8. The van der Waals surface area contributed by atoms with Crippen LogP contribution in [0.4, 0.5) is 0 Å². The lowest BCUT2D eigenvalue weighted by Gasteiger charge is -2.19. The van der Waals surface area contributed by atoms with Gasteiger partial charge in [-0.2, -0.15) is 0 Å². The molecule has 0 fully saturated rings. The van der Waals surface area contributed by atoms with E-state index in [2.05, 4.69) is 67.6 Å². The van der Waals surface area contributed by atoms with Crippen LogP contribution in [0.5, 0.6) is 28.7 Å². The van der Waals surface area contributed by atoms with Crippen molar-refractivity contribution in [2.24, 2.45) is 0 Å². The van der Waals surface area contributed by atoms with Gasteiger partial charge in [-0.3, -0.25) is 0 Å². The first-order valence-corrected chi connectivity index (χ1v) is 26.1. The van der Waals surface area contributed by atoms with Gasteiger partial charge in [0.1, 0.15) is 48.6 Å². The van der Waals surface area contributed by atoms with Gasteiger partial charge in [0.15, 0.2) is 0 Å². The molecule has 0 radical (unpaired) electrons. The van der Waals surface area contributed by atoms with E-state index in [0.717, 1.165) is 93.0 Å². The van der Waals surface area contributed by atoms with Crippen LogP contribution in [0.3, 0.4) is 0 Å². The summed E-state index contributed by atoms with van der Waals surface area (Å²) in [6.45, 7) is 3.42. The average Bonchev–Trinajstić information content (AvgIpc) is 3.54. The van der Waals surface area contributed by atoms with Gasteiger partial charge in [0, 0.05) is 27.8 Å². The summed E-state index contributed by atoms with van der Waals surface area (Å²) in [5.74, 6) is 2.63. The summed E-state index contributed by atoms with van der Waals surface area (Å²) in [5.41, 5.74) is 6.70. The van der Waals surface area contributed by atoms with Crippen molar-refractivity contribution in [2.45, 2.75) is 6.92 Å². The highest BCUT2D eigenvalue weighted by Crippen LogP contribution is 2.47. The molecule has 0 aliphatic rings. The van der Waals surface area contributed by atoms with E-state index in [9.17, 15) is 15.3 Å². The van der Waals surface area contributed by atoms with Gasteiger partial charge in [0.05, 0.1) is 33.0 Å². The zero-order valence-electron chi connectivity index (χ0n) is 43.3. The molecule has 12 aromatic carbocycles. The van der Waals surface area contributed by atoms with Crippen molar-refractivity contribution in [1.29, 1.82) is 0 Å². The van der Waals surface area contributed by atoms with Crippen molar-refractivity contribution in [3.05, 3.63) is 224 Å². The maximum absolute atomic E-state index is 10.7. The summed E-state index contributed by atoms with van der Waals surface area (Å²) < 4.78 is 23.2. The van der Waals surface area contributed by atoms with E-state index >= 15 is 0 Å². The smallest absolute Gasteiger partial charge is 0.128 e. The quantitative estimate of drug-likeness (QED) is 0.0636. The number of aromatic hydroxyl groups is 2. The molecule has 0 aliphatic carbocycles. The second-order valence-corrected chi connectivity index (χ2v) is 18.6. The molecule has 0 aliphatic heterocycles. The van der Waals surface area contributed by atoms with E-state index in [1.807, 2.05) is 146 Å². The Labute approximate surface area is 453 Å². The van der Waals surface area contributed by atoms with Crippen molar-refractivity contribution in [1.82, 2.24) is 0 Å². The van der Waals surface area contributed by atoms with Crippen LogP contribution in [0.1, 0.15) is 5.56 Å². The lowest BCUT2D eigenvalue weighted by molar-refractivity contribution is 0.0706. The minimum atomic E-state index is -0.0621. The van der Waals surface area contributed by atoms with Gasteiger partial charge in [-0.15, -0.1) is 0 Å². The van der Waals surface area contributed by atoms with Crippen LogP contribution >= 0.6 is 0 Å². The van der Waals surface area contributed by atoms with Crippen LogP contribution in [0.25, 0.3) is 98.0 Å². The Morgan fingerprint density at radius 3 is 0.923 bits per heavy atom. The zero-order valence-corrected chi connectivity index (χ0v) is 43.3. The summed E-state index contributed by atoms with van der Waals surface area (Å²) in [5, 5.41) is 61.6. The first-order valence-electron chi connectivity index (χ1n) is 26.1. The highest BCUT2D eigenvalue weighted by molar-refractivity contribution is 6.12. The Morgan fingerprint density at radius 1 is 0.269 bits per heavy atom. The number of phenolic OH excluding ortho intramolecular Hbond substituents is 2. The Balaban J connectivity index is 0.000000134. The monoisotopic (exact) mass is 1030 g/mol. The predicted octanol–water partition coefficient (Wildman–Crippen LogP) is 14.8. The van der Waals surface area contributed by atoms with Crippen molar-refractivity contribution in [2.75, 3.05) is 52.9 Å². The van der Waals surface area contributed by atoms with Crippen LogP contribution < -0.4 is 14.2 Å². The molecule has 9 heteroatoms. The molecule has 78 heavy (non-hydrogen) atoms. The summed E-state index contributed by atoms with van der Waals surface area (Å²) in [6, 6.07) is 72.4. The summed E-state index contributed by atoms with van der Waals surface area (Å²) in [7, 11) is 0. The first kappa shape index (κ1) is 52.5. The fraction of sp³-hybridized carbons (Fsp3) is 0.130. The fourth-order valence-corrected chi connectivity index (χ4v) is 10.3. The van der Waals surface area contributed by atoms with Gasteiger partial charge in [0.2, 0.25) is 0 Å². The second-order valence-electron chi connectivity index (χ2n) is 18.6. The lowest BCUT2D eigenvalue weighted by atomic mass is 9.90. The molecule has 12 rings (SSSR count). The van der Waals surface area contributed by atoms with E-state index in [0.29, 0.717) is 30.5 Å². The van der Waals surface area contributed by atoms with E-state index in [4.69, 9.17) is 29.2 Å². The lowest BCUT2D eigenvalue weighted by Crippen LogP contribution is -2.10. The number of benzene rings is 12. The molecule has 0 saturated carbocycles. The molecule has 0 aromatic heterocycles. The highest BCUT2D eigenvalue weighted by atomic mass is 16.5. The number of rotatable bonds is 15. The van der Waals surface area contributed by atoms with Gasteiger partial charge in [-0.1, -0.05) is 188 Å². The minimum Gasteiger partial charge on any atom is -0.507 e. The number of aliphatic hydroxyl groups excluding tert-OH is 3. The molecule has 0 atom stereocenters. The van der Waals surface area contributed by atoms with Gasteiger partial charge in [0.25, 0.3) is 0 Å².